The summed E-state index contributed by atoms with van der Waals surface area (Å²) in [7, 11) is 0. The number of thiazole rings is 1. The van der Waals surface area contributed by atoms with Crippen molar-refractivity contribution in [3.8, 4) is 10.6 Å². The van der Waals surface area contributed by atoms with E-state index < -0.39 is 0 Å². The molecule has 0 radical (unpaired) electrons. The first-order valence-corrected chi connectivity index (χ1v) is 8.50. The number of fused-ring (bicyclic) bond motifs is 1. The molecule has 21 heavy (non-hydrogen) atoms. The van der Waals surface area contributed by atoms with E-state index in [1.54, 1.807) is 17.4 Å². The van der Waals surface area contributed by atoms with Gasteiger partial charge in [-0.3, -0.25) is 0 Å². The second-order valence-electron chi connectivity index (χ2n) is 5.71. The Balaban J connectivity index is 1.94. The number of halogens is 1. The molecule has 2 nitrogen and oxygen atoms in total. The maximum Gasteiger partial charge on any atom is 0.133 e. The number of rotatable bonds is 4. The summed E-state index contributed by atoms with van der Waals surface area (Å²) >= 11 is 1.65. The van der Waals surface area contributed by atoms with Crippen LogP contribution in [0.1, 0.15) is 48.4 Å². The van der Waals surface area contributed by atoms with Crippen molar-refractivity contribution in [2.45, 2.75) is 45.6 Å². The van der Waals surface area contributed by atoms with E-state index in [0.29, 0.717) is 11.6 Å². The molecule has 1 atom stereocenters. The van der Waals surface area contributed by atoms with E-state index in [1.807, 2.05) is 19.1 Å². The third-order valence-electron chi connectivity index (χ3n) is 3.95. The molecule has 0 bridgehead atoms. The summed E-state index contributed by atoms with van der Waals surface area (Å²) in [6.07, 6.45) is 4.46. The van der Waals surface area contributed by atoms with E-state index in [0.717, 1.165) is 48.5 Å². The Hall–Kier alpha value is -1.26. The number of hydrogen-bond donors (Lipinski definition) is 1. The summed E-state index contributed by atoms with van der Waals surface area (Å²) in [5, 5.41) is 4.41. The fourth-order valence-electron chi connectivity index (χ4n) is 2.84. The number of aryl methyl sites for hydroxylation is 2. The monoisotopic (exact) mass is 304 g/mol. The lowest BCUT2D eigenvalue weighted by Gasteiger charge is -2.22. The number of hydrogen-bond acceptors (Lipinski definition) is 3. The van der Waals surface area contributed by atoms with Gasteiger partial charge in [-0.2, -0.15) is 0 Å². The molecule has 1 aliphatic rings. The summed E-state index contributed by atoms with van der Waals surface area (Å²) in [5.41, 5.74) is 2.74. The van der Waals surface area contributed by atoms with Crippen LogP contribution >= 0.6 is 11.3 Å². The largest absolute Gasteiger partial charge is 0.309 e. The first-order valence-electron chi connectivity index (χ1n) is 7.68. The number of benzene rings is 1. The van der Waals surface area contributed by atoms with Crippen molar-refractivity contribution in [2.75, 3.05) is 6.54 Å². The van der Waals surface area contributed by atoms with Gasteiger partial charge in [-0.15, -0.1) is 11.3 Å². The molecule has 4 heteroatoms. The van der Waals surface area contributed by atoms with E-state index in [9.17, 15) is 4.39 Å². The lowest BCUT2D eigenvalue weighted by atomic mass is 9.98. The van der Waals surface area contributed by atoms with Gasteiger partial charge in [0, 0.05) is 16.5 Å². The predicted molar refractivity (Wildman–Crippen MR) is 86.2 cm³/mol. The van der Waals surface area contributed by atoms with Crippen molar-refractivity contribution in [3.05, 3.63) is 40.2 Å². The van der Waals surface area contributed by atoms with Crippen molar-refractivity contribution in [1.29, 1.82) is 0 Å². The van der Waals surface area contributed by atoms with Gasteiger partial charge in [0.15, 0.2) is 0 Å². The molecule has 0 aliphatic heterocycles. The molecule has 2 aromatic rings. The highest BCUT2D eigenvalue weighted by atomic mass is 32.1. The van der Waals surface area contributed by atoms with Crippen molar-refractivity contribution in [2.24, 2.45) is 0 Å². The molecule has 0 saturated heterocycles. The van der Waals surface area contributed by atoms with Crippen LogP contribution in [0.5, 0.6) is 0 Å². The summed E-state index contributed by atoms with van der Waals surface area (Å²) in [6, 6.07) is 5.78. The molecule has 0 saturated carbocycles. The molecule has 1 aromatic heterocycles. The quantitative estimate of drug-likeness (QED) is 0.890. The zero-order valence-corrected chi connectivity index (χ0v) is 13.4. The van der Waals surface area contributed by atoms with E-state index in [4.69, 9.17) is 4.98 Å². The van der Waals surface area contributed by atoms with Crippen LogP contribution in [0, 0.1) is 12.7 Å². The summed E-state index contributed by atoms with van der Waals surface area (Å²) in [4.78, 5) is 6.02. The van der Waals surface area contributed by atoms with Gasteiger partial charge < -0.3 is 5.32 Å². The first-order chi connectivity index (χ1) is 10.2. The first kappa shape index (κ1) is 14.7. The van der Waals surface area contributed by atoms with Gasteiger partial charge in [-0.05, 0) is 56.8 Å². The Bertz CT molecular complexity index is 636. The average Bonchev–Trinajstić information content (AvgIpc) is 2.89. The maximum atomic E-state index is 14.2. The smallest absolute Gasteiger partial charge is 0.133 e. The molecule has 0 fully saturated rings. The van der Waals surface area contributed by atoms with Crippen LogP contribution < -0.4 is 5.32 Å². The lowest BCUT2D eigenvalue weighted by Crippen LogP contribution is -2.24. The summed E-state index contributed by atoms with van der Waals surface area (Å²) in [6.45, 7) is 5.11. The van der Waals surface area contributed by atoms with Crippen molar-refractivity contribution >= 4 is 11.3 Å². The SMILES string of the molecule is CCCNC1CCCc2nc(-c3ccc(C)cc3F)sc21. The van der Waals surface area contributed by atoms with Gasteiger partial charge in [-0.1, -0.05) is 13.0 Å². The zero-order chi connectivity index (χ0) is 14.8. The Morgan fingerprint density at radius 2 is 2.29 bits per heavy atom. The fourth-order valence-corrected chi connectivity index (χ4v) is 4.09. The number of nitrogens with zero attached hydrogens (tertiary/aromatic N) is 1. The van der Waals surface area contributed by atoms with E-state index in [-0.39, 0.29) is 5.82 Å². The van der Waals surface area contributed by atoms with E-state index in [2.05, 4.69) is 12.2 Å². The molecular weight excluding hydrogens is 283 g/mol. The third-order valence-corrected chi connectivity index (χ3v) is 5.19. The van der Waals surface area contributed by atoms with Crippen LogP contribution in [0.3, 0.4) is 0 Å². The van der Waals surface area contributed by atoms with Crippen LogP contribution in [0.2, 0.25) is 0 Å². The van der Waals surface area contributed by atoms with Crippen LogP contribution in [0.25, 0.3) is 10.6 Å². The lowest BCUT2D eigenvalue weighted by molar-refractivity contribution is 0.465. The summed E-state index contributed by atoms with van der Waals surface area (Å²) in [5.74, 6) is -0.167. The summed E-state index contributed by atoms with van der Waals surface area (Å²) < 4.78 is 14.2. The number of aromatic nitrogens is 1. The molecule has 1 N–H and O–H groups in total. The predicted octanol–water partition coefficient (Wildman–Crippen LogP) is 4.63. The van der Waals surface area contributed by atoms with E-state index in [1.165, 1.54) is 4.88 Å². The van der Waals surface area contributed by atoms with Gasteiger partial charge in [0.05, 0.1) is 5.69 Å². The maximum absolute atomic E-state index is 14.2. The van der Waals surface area contributed by atoms with Crippen LogP contribution in [0.15, 0.2) is 18.2 Å². The van der Waals surface area contributed by atoms with Crippen molar-refractivity contribution in [3.63, 3.8) is 0 Å². The minimum atomic E-state index is -0.167. The highest BCUT2D eigenvalue weighted by molar-refractivity contribution is 7.15. The third kappa shape index (κ3) is 3.01. The molecule has 1 aromatic carbocycles. The second kappa shape index (κ2) is 6.24. The molecular formula is C17H21FN2S. The molecule has 1 unspecified atom stereocenters. The van der Waals surface area contributed by atoms with Crippen LogP contribution in [-0.2, 0) is 6.42 Å². The van der Waals surface area contributed by atoms with Gasteiger partial charge in [-0.25, -0.2) is 9.37 Å². The molecule has 112 valence electrons. The Labute approximate surface area is 129 Å². The van der Waals surface area contributed by atoms with Gasteiger partial charge in [0.25, 0.3) is 0 Å². The molecule has 0 amide bonds. The van der Waals surface area contributed by atoms with Crippen LogP contribution in [0.4, 0.5) is 4.39 Å². The highest BCUT2D eigenvalue weighted by Gasteiger charge is 2.25. The molecule has 1 aliphatic carbocycles. The molecule has 3 rings (SSSR count). The fraction of sp³-hybridized carbons (Fsp3) is 0.471. The standard InChI is InChI=1S/C17H21FN2S/c1-3-9-19-14-5-4-6-15-16(14)21-17(20-15)12-8-7-11(2)10-13(12)18/h7-8,10,14,19H,3-6,9H2,1-2H3. The Kier molecular flexibility index (Phi) is 4.36. The van der Waals surface area contributed by atoms with Crippen molar-refractivity contribution < 1.29 is 4.39 Å². The zero-order valence-electron chi connectivity index (χ0n) is 12.6. The van der Waals surface area contributed by atoms with Crippen LogP contribution in [-0.4, -0.2) is 11.5 Å². The number of nitrogens with one attached hydrogen (secondary N) is 1. The van der Waals surface area contributed by atoms with Crippen molar-refractivity contribution in [1.82, 2.24) is 10.3 Å². The minimum Gasteiger partial charge on any atom is -0.309 e. The molecule has 1 heterocycles. The minimum absolute atomic E-state index is 0.167. The highest BCUT2D eigenvalue weighted by Crippen LogP contribution is 2.38. The normalized spacial score (nSPS) is 17.8. The average molecular weight is 304 g/mol. The second-order valence-corrected chi connectivity index (χ2v) is 6.74. The Morgan fingerprint density at radius 3 is 3.05 bits per heavy atom. The topological polar surface area (TPSA) is 24.9 Å². The van der Waals surface area contributed by atoms with Gasteiger partial charge in [0.1, 0.15) is 10.8 Å². The molecule has 0 spiro atoms. The Morgan fingerprint density at radius 1 is 1.43 bits per heavy atom. The van der Waals surface area contributed by atoms with Gasteiger partial charge >= 0.3 is 0 Å². The van der Waals surface area contributed by atoms with Gasteiger partial charge in [0.2, 0.25) is 0 Å². The van der Waals surface area contributed by atoms with E-state index >= 15 is 0 Å².